The summed E-state index contributed by atoms with van der Waals surface area (Å²) in [6.07, 6.45) is -5.04. The molecule has 0 amide bonds. The van der Waals surface area contributed by atoms with Gasteiger partial charge in [-0.05, 0) is 19.0 Å². The maximum Gasteiger partial charge on any atom is 0.449 e. The van der Waals surface area contributed by atoms with E-state index in [0.717, 1.165) is 5.56 Å². The van der Waals surface area contributed by atoms with Crippen LogP contribution in [0.25, 0.3) is 0 Å². The molecule has 0 spiro atoms. The first-order chi connectivity index (χ1) is 7.50. The number of hydrogen-bond acceptors (Lipinski definition) is 2. The van der Waals surface area contributed by atoms with E-state index < -0.39 is 18.4 Å². The van der Waals surface area contributed by atoms with E-state index in [4.69, 9.17) is 0 Å². The maximum absolute atomic E-state index is 11.8. The fraction of sp³-hybridized carbons (Fsp3) is 0.364. The van der Waals surface area contributed by atoms with E-state index in [2.05, 4.69) is 5.73 Å². The van der Waals surface area contributed by atoms with Crippen LogP contribution in [0.15, 0.2) is 30.3 Å². The molecule has 0 aromatic heterocycles. The normalized spacial score (nSPS) is 10.3. The molecule has 1 rings (SSSR count). The summed E-state index contributed by atoms with van der Waals surface area (Å²) in [7, 11) is 1.50. The van der Waals surface area contributed by atoms with Crippen molar-refractivity contribution in [3.8, 4) is 0 Å². The summed E-state index contributed by atoms with van der Waals surface area (Å²) in [5, 5.41) is 0. The minimum Gasteiger partial charge on any atom is -0.333 e. The number of hydrogen-bond donors (Lipinski definition) is 1. The Morgan fingerprint density at radius 2 is 1.69 bits per heavy atom. The molecule has 0 saturated carbocycles. The van der Waals surface area contributed by atoms with Crippen molar-refractivity contribution in [3.63, 3.8) is 0 Å². The second-order valence-corrected chi connectivity index (χ2v) is 2.91. The van der Waals surface area contributed by atoms with Crippen LogP contribution in [-0.2, 0) is 11.2 Å². The van der Waals surface area contributed by atoms with E-state index in [1.54, 1.807) is 30.3 Å². The standard InChI is InChI=1S/C10H9F3O.CH5N/c11-10(12,13)9(14)7-6-8-4-2-1-3-5-8;1-2/h1-5H,6-7H2;2H2,1H3. The lowest BCUT2D eigenvalue weighted by molar-refractivity contribution is -0.171. The predicted octanol–water partition coefficient (Wildman–Crippen LogP) is 2.33. The first-order valence-corrected chi connectivity index (χ1v) is 4.72. The minimum atomic E-state index is -4.70. The van der Waals surface area contributed by atoms with Crippen molar-refractivity contribution in [2.75, 3.05) is 7.05 Å². The third-order valence-electron chi connectivity index (χ3n) is 1.80. The van der Waals surface area contributed by atoms with Crippen molar-refractivity contribution in [2.45, 2.75) is 19.0 Å². The van der Waals surface area contributed by atoms with Crippen LogP contribution in [0.1, 0.15) is 12.0 Å². The Morgan fingerprint density at radius 1 is 1.19 bits per heavy atom. The molecule has 1 aromatic rings. The van der Waals surface area contributed by atoms with Crippen LogP contribution in [0.3, 0.4) is 0 Å². The maximum atomic E-state index is 11.8. The second kappa shape index (κ2) is 7.00. The Bertz CT molecular complexity index is 309. The number of Topliss-reactive ketones (excluding diaryl/α,β-unsaturated/α-hetero) is 1. The molecular weight excluding hydrogens is 219 g/mol. The predicted molar refractivity (Wildman–Crippen MR) is 55.9 cm³/mol. The number of rotatable bonds is 3. The van der Waals surface area contributed by atoms with Gasteiger partial charge in [0.1, 0.15) is 0 Å². The highest BCUT2D eigenvalue weighted by Crippen LogP contribution is 2.18. The van der Waals surface area contributed by atoms with Crippen LogP contribution < -0.4 is 5.73 Å². The van der Waals surface area contributed by atoms with Gasteiger partial charge in [-0.2, -0.15) is 13.2 Å². The molecule has 0 aliphatic carbocycles. The summed E-state index contributed by atoms with van der Waals surface area (Å²) in [5.41, 5.74) is 5.24. The zero-order chi connectivity index (χ0) is 12.6. The molecular formula is C11H14F3NO. The molecule has 0 atom stereocenters. The number of nitrogens with two attached hydrogens (primary N) is 1. The molecule has 90 valence electrons. The molecule has 2 nitrogen and oxygen atoms in total. The van der Waals surface area contributed by atoms with Gasteiger partial charge in [0.15, 0.2) is 0 Å². The lowest BCUT2D eigenvalue weighted by Crippen LogP contribution is -2.22. The van der Waals surface area contributed by atoms with E-state index in [1.165, 1.54) is 7.05 Å². The quantitative estimate of drug-likeness (QED) is 0.870. The molecule has 0 saturated heterocycles. The largest absolute Gasteiger partial charge is 0.449 e. The summed E-state index contributed by atoms with van der Waals surface area (Å²) in [6, 6.07) is 8.63. The van der Waals surface area contributed by atoms with Gasteiger partial charge in [-0.15, -0.1) is 0 Å². The molecule has 0 unspecified atom stereocenters. The fourth-order valence-electron chi connectivity index (χ4n) is 1.04. The van der Waals surface area contributed by atoms with Gasteiger partial charge in [0, 0.05) is 6.42 Å². The second-order valence-electron chi connectivity index (χ2n) is 2.91. The monoisotopic (exact) mass is 233 g/mol. The molecule has 0 radical (unpaired) electrons. The summed E-state index contributed by atoms with van der Waals surface area (Å²) in [4.78, 5) is 10.5. The number of ketones is 1. The number of aryl methyl sites for hydroxylation is 1. The Labute approximate surface area is 92.3 Å². The summed E-state index contributed by atoms with van der Waals surface area (Å²) in [6.45, 7) is 0. The van der Waals surface area contributed by atoms with Gasteiger partial charge < -0.3 is 5.73 Å². The topological polar surface area (TPSA) is 43.1 Å². The molecule has 5 heteroatoms. The summed E-state index contributed by atoms with van der Waals surface area (Å²) < 4.78 is 35.4. The van der Waals surface area contributed by atoms with E-state index in [0.29, 0.717) is 0 Å². The highest BCUT2D eigenvalue weighted by Gasteiger charge is 2.37. The van der Waals surface area contributed by atoms with Gasteiger partial charge in [-0.3, -0.25) is 4.79 Å². The summed E-state index contributed by atoms with van der Waals surface area (Å²) in [5.74, 6) is -1.67. The van der Waals surface area contributed by atoms with Crippen molar-refractivity contribution in [3.05, 3.63) is 35.9 Å². The smallest absolute Gasteiger partial charge is 0.333 e. The summed E-state index contributed by atoms with van der Waals surface area (Å²) >= 11 is 0. The van der Waals surface area contributed by atoms with Crippen LogP contribution >= 0.6 is 0 Å². The first kappa shape index (κ1) is 14.6. The Kier molecular flexibility index (Phi) is 6.41. The molecule has 0 aliphatic rings. The van der Waals surface area contributed by atoms with Gasteiger partial charge in [0.2, 0.25) is 5.78 Å². The van der Waals surface area contributed by atoms with Crippen LogP contribution in [0, 0.1) is 0 Å². The van der Waals surface area contributed by atoms with Crippen molar-refractivity contribution >= 4 is 5.78 Å². The minimum absolute atomic E-state index is 0.138. The Balaban J connectivity index is 0.00000106. The third-order valence-corrected chi connectivity index (χ3v) is 1.80. The molecule has 0 aliphatic heterocycles. The van der Waals surface area contributed by atoms with Crippen LogP contribution in [-0.4, -0.2) is 19.0 Å². The van der Waals surface area contributed by atoms with Crippen molar-refractivity contribution in [1.82, 2.24) is 0 Å². The molecule has 16 heavy (non-hydrogen) atoms. The lowest BCUT2D eigenvalue weighted by atomic mass is 10.1. The van der Waals surface area contributed by atoms with Gasteiger partial charge in [0.25, 0.3) is 0 Å². The zero-order valence-electron chi connectivity index (χ0n) is 8.92. The first-order valence-electron chi connectivity index (χ1n) is 4.72. The van der Waals surface area contributed by atoms with Crippen molar-refractivity contribution in [1.29, 1.82) is 0 Å². The molecule has 0 heterocycles. The number of halogens is 3. The average molecular weight is 233 g/mol. The number of carbonyl (C=O) groups excluding carboxylic acids is 1. The van der Waals surface area contributed by atoms with Crippen molar-refractivity contribution < 1.29 is 18.0 Å². The number of benzene rings is 1. The Hall–Kier alpha value is -1.36. The van der Waals surface area contributed by atoms with Gasteiger partial charge >= 0.3 is 6.18 Å². The zero-order valence-corrected chi connectivity index (χ0v) is 8.92. The lowest BCUT2D eigenvalue weighted by Gasteiger charge is -2.04. The molecule has 2 N–H and O–H groups in total. The number of carbonyl (C=O) groups is 1. The van der Waals surface area contributed by atoms with Crippen LogP contribution in [0.2, 0.25) is 0 Å². The van der Waals surface area contributed by atoms with E-state index >= 15 is 0 Å². The van der Waals surface area contributed by atoms with E-state index in [-0.39, 0.29) is 6.42 Å². The highest BCUT2D eigenvalue weighted by atomic mass is 19.4. The van der Waals surface area contributed by atoms with Crippen LogP contribution in [0.5, 0.6) is 0 Å². The Morgan fingerprint density at radius 3 is 2.12 bits per heavy atom. The van der Waals surface area contributed by atoms with E-state index in [9.17, 15) is 18.0 Å². The molecule has 0 fully saturated rings. The fourth-order valence-corrected chi connectivity index (χ4v) is 1.04. The van der Waals surface area contributed by atoms with Gasteiger partial charge in [0.05, 0.1) is 0 Å². The molecule has 1 aromatic carbocycles. The SMILES string of the molecule is CN.O=C(CCc1ccccc1)C(F)(F)F. The van der Waals surface area contributed by atoms with E-state index in [1.807, 2.05) is 0 Å². The van der Waals surface area contributed by atoms with Crippen LogP contribution in [0.4, 0.5) is 13.2 Å². The third kappa shape index (κ3) is 5.50. The van der Waals surface area contributed by atoms with Crippen molar-refractivity contribution in [2.24, 2.45) is 5.73 Å². The molecule has 0 bridgehead atoms. The van der Waals surface area contributed by atoms with Gasteiger partial charge in [-0.1, -0.05) is 30.3 Å². The van der Waals surface area contributed by atoms with Gasteiger partial charge in [-0.25, -0.2) is 0 Å². The number of alkyl halides is 3. The highest BCUT2D eigenvalue weighted by molar-refractivity contribution is 5.84. The average Bonchev–Trinajstić information content (AvgIpc) is 2.28.